The highest BCUT2D eigenvalue weighted by Gasteiger charge is 2.08. The summed E-state index contributed by atoms with van der Waals surface area (Å²) in [6, 6.07) is 7.74. The van der Waals surface area contributed by atoms with Crippen LogP contribution in [0.4, 0.5) is 5.82 Å². The Balaban J connectivity index is 2.45. The Hall–Kier alpha value is -2.10. The number of aromatic nitrogens is 2. The average Bonchev–Trinajstić information content (AvgIpc) is 2.35. The summed E-state index contributed by atoms with van der Waals surface area (Å²) in [4.78, 5) is 0. The molecule has 0 bridgehead atoms. The summed E-state index contributed by atoms with van der Waals surface area (Å²) in [7, 11) is 0. The van der Waals surface area contributed by atoms with Gasteiger partial charge in [-0.1, -0.05) is 0 Å². The Labute approximate surface area is 107 Å². The van der Waals surface area contributed by atoms with Crippen molar-refractivity contribution in [1.82, 2.24) is 10.2 Å². The van der Waals surface area contributed by atoms with E-state index in [4.69, 9.17) is 10.5 Å². The summed E-state index contributed by atoms with van der Waals surface area (Å²) in [6.07, 6.45) is 0. The third-order valence-electron chi connectivity index (χ3n) is 2.78. The summed E-state index contributed by atoms with van der Waals surface area (Å²) in [5.41, 5.74) is 9.64. The van der Waals surface area contributed by atoms with Crippen LogP contribution in [0.2, 0.25) is 0 Å². The van der Waals surface area contributed by atoms with Crippen LogP contribution in [0.25, 0.3) is 11.3 Å². The second-order valence-electron chi connectivity index (χ2n) is 4.21. The standard InChI is InChI=1S/C14H17N3O/c1-4-18-13-8-9(2)11(7-10(13)3)12-5-6-14(15)17-16-12/h5-8H,4H2,1-3H3,(H2,15,17). The van der Waals surface area contributed by atoms with Crippen molar-refractivity contribution in [1.29, 1.82) is 0 Å². The van der Waals surface area contributed by atoms with Crippen LogP contribution >= 0.6 is 0 Å². The van der Waals surface area contributed by atoms with Crippen LogP contribution in [-0.4, -0.2) is 16.8 Å². The van der Waals surface area contributed by atoms with Crippen LogP contribution in [0.1, 0.15) is 18.1 Å². The molecule has 1 aromatic carbocycles. The lowest BCUT2D eigenvalue weighted by Crippen LogP contribution is -1.98. The van der Waals surface area contributed by atoms with E-state index in [-0.39, 0.29) is 0 Å². The first kappa shape index (κ1) is 12.4. The molecule has 0 amide bonds. The van der Waals surface area contributed by atoms with Gasteiger partial charge in [0.15, 0.2) is 0 Å². The van der Waals surface area contributed by atoms with Crippen LogP contribution in [-0.2, 0) is 0 Å². The van der Waals surface area contributed by atoms with Gasteiger partial charge in [-0.15, -0.1) is 10.2 Å². The molecule has 0 spiro atoms. The molecular formula is C14H17N3O. The molecule has 2 N–H and O–H groups in total. The number of nitrogens with zero attached hydrogens (tertiary/aromatic N) is 2. The van der Waals surface area contributed by atoms with Crippen molar-refractivity contribution >= 4 is 5.82 Å². The molecule has 4 nitrogen and oxygen atoms in total. The quantitative estimate of drug-likeness (QED) is 0.900. The number of aryl methyl sites for hydroxylation is 2. The van der Waals surface area contributed by atoms with Crippen LogP contribution in [0.3, 0.4) is 0 Å². The zero-order valence-electron chi connectivity index (χ0n) is 10.9. The summed E-state index contributed by atoms with van der Waals surface area (Å²) < 4.78 is 5.57. The van der Waals surface area contributed by atoms with Gasteiger partial charge in [0.05, 0.1) is 12.3 Å². The molecule has 1 heterocycles. The fourth-order valence-electron chi connectivity index (χ4n) is 1.86. The van der Waals surface area contributed by atoms with E-state index < -0.39 is 0 Å². The van der Waals surface area contributed by atoms with Gasteiger partial charge >= 0.3 is 0 Å². The molecule has 0 radical (unpaired) electrons. The first-order valence-corrected chi connectivity index (χ1v) is 5.95. The molecule has 0 aliphatic rings. The Morgan fingerprint density at radius 3 is 2.50 bits per heavy atom. The zero-order chi connectivity index (χ0) is 13.1. The average molecular weight is 243 g/mol. The second kappa shape index (κ2) is 5.04. The Morgan fingerprint density at radius 2 is 1.89 bits per heavy atom. The first-order chi connectivity index (χ1) is 8.61. The minimum absolute atomic E-state index is 0.430. The lowest BCUT2D eigenvalue weighted by molar-refractivity contribution is 0.337. The molecule has 2 rings (SSSR count). The van der Waals surface area contributed by atoms with Gasteiger partial charge < -0.3 is 10.5 Å². The van der Waals surface area contributed by atoms with Crippen molar-refractivity contribution in [2.45, 2.75) is 20.8 Å². The maximum absolute atomic E-state index is 5.57. The van der Waals surface area contributed by atoms with Crippen LogP contribution in [0.5, 0.6) is 5.75 Å². The summed E-state index contributed by atoms with van der Waals surface area (Å²) in [5.74, 6) is 1.35. The molecule has 0 unspecified atom stereocenters. The van der Waals surface area contributed by atoms with Crippen molar-refractivity contribution in [3.63, 3.8) is 0 Å². The van der Waals surface area contributed by atoms with E-state index in [1.165, 1.54) is 0 Å². The van der Waals surface area contributed by atoms with Gasteiger partial charge in [0.2, 0.25) is 0 Å². The van der Waals surface area contributed by atoms with Crippen molar-refractivity contribution < 1.29 is 4.74 Å². The lowest BCUT2D eigenvalue weighted by Gasteiger charge is -2.11. The fourth-order valence-corrected chi connectivity index (χ4v) is 1.86. The van der Waals surface area contributed by atoms with Crippen molar-refractivity contribution in [2.75, 3.05) is 12.3 Å². The van der Waals surface area contributed by atoms with Gasteiger partial charge in [-0.25, -0.2) is 0 Å². The highest BCUT2D eigenvalue weighted by atomic mass is 16.5. The molecule has 94 valence electrons. The normalized spacial score (nSPS) is 10.4. The minimum Gasteiger partial charge on any atom is -0.494 e. The number of hydrogen-bond donors (Lipinski definition) is 1. The summed E-state index contributed by atoms with van der Waals surface area (Å²) >= 11 is 0. The van der Waals surface area contributed by atoms with E-state index in [9.17, 15) is 0 Å². The number of anilines is 1. The number of hydrogen-bond acceptors (Lipinski definition) is 4. The van der Waals surface area contributed by atoms with Gasteiger partial charge in [-0.3, -0.25) is 0 Å². The maximum Gasteiger partial charge on any atom is 0.146 e. The zero-order valence-corrected chi connectivity index (χ0v) is 10.9. The molecule has 4 heteroatoms. The van der Waals surface area contributed by atoms with Crippen LogP contribution in [0.15, 0.2) is 24.3 Å². The summed E-state index contributed by atoms with van der Waals surface area (Å²) in [6.45, 7) is 6.71. The number of rotatable bonds is 3. The Bertz CT molecular complexity index is 550. The van der Waals surface area contributed by atoms with Gasteiger partial charge in [-0.2, -0.15) is 0 Å². The number of benzene rings is 1. The van der Waals surface area contributed by atoms with Gasteiger partial charge in [0.25, 0.3) is 0 Å². The molecular weight excluding hydrogens is 226 g/mol. The van der Waals surface area contributed by atoms with E-state index in [2.05, 4.69) is 16.3 Å². The lowest BCUT2D eigenvalue weighted by atomic mass is 10.0. The molecule has 0 atom stereocenters. The predicted molar refractivity (Wildman–Crippen MR) is 72.5 cm³/mol. The number of nitrogen functional groups attached to an aromatic ring is 1. The minimum atomic E-state index is 0.430. The highest BCUT2D eigenvalue weighted by molar-refractivity contribution is 5.66. The van der Waals surface area contributed by atoms with Gasteiger partial charge in [0, 0.05) is 5.56 Å². The van der Waals surface area contributed by atoms with E-state index in [1.807, 2.05) is 32.9 Å². The van der Waals surface area contributed by atoms with Crippen molar-refractivity contribution in [2.24, 2.45) is 0 Å². The monoisotopic (exact) mass is 243 g/mol. The molecule has 0 saturated carbocycles. The maximum atomic E-state index is 5.57. The van der Waals surface area contributed by atoms with Crippen LogP contribution in [0, 0.1) is 13.8 Å². The third kappa shape index (κ3) is 2.42. The van der Waals surface area contributed by atoms with E-state index in [0.717, 1.165) is 28.1 Å². The molecule has 0 aliphatic heterocycles. The molecule has 2 aromatic rings. The van der Waals surface area contributed by atoms with Gasteiger partial charge in [-0.05, 0) is 56.2 Å². The smallest absolute Gasteiger partial charge is 0.146 e. The van der Waals surface area contributed by atoms with Gasteiger partial charge in [0.1, 0.15) is 11.6 Å². The third-order valence-corrected chi connectivity index (χ3v) is 2.78. The highest BCUT2D eigenvalue weighted by Crippen LogP contribution is 2.28. The van der Waals surface area contributed by atoms with Crippen molar-refractivity contribution in [3.8, 4) is 17.0 Å². The second-order valence-corrected chi connectivity index (χ2v) is 4.21. The summed E-state index contributed by atoms with van der Waals surface area (Å²) in [5, 5.41) is 7.99. The Kier molecular flexibility index (Phi) is 3.46. The topological polar surface area (TPSA) is 61.0 Å². The number of ether oxygens (including phenoxy) is 1. The molecule has 0 saturated heterocycles. The van der Waals surface area contributed by atoms with E-state index in [1.54, 1.807) is 6.07 Å². The predicted octanol–water partition coefficient (Wildman–Crippen LogP) is 2.74. The molecule has 0 fully saturated rings. The SMILES string of the molecule is CCOc1cc(C)c(-c2ccc(N)nn2)cc1C. The number of nitrogens with two attached hydrogens (primary N) is 1. The molecule has 18 heavy (non-hydrogen) atoms. The molecule has 1 aromatic heterocycles. The van der Waals surface area contributed by atoms with E-state index in [0.29, 0.717) is 12.4 Å². The van der Waals surface area contributed by atoms with Crippen LogP contribution < -0.4 is 10.5 Å². The molecule has 0 aliphatic carbocycles. The van der Waals surface area contributed by atoms with E-state index >= 15 is 0 Å². The first-order valence-electron chi connectivity index (χ1n) is 5.95. The Morgan fingerprint density at radius 1 is 1.11 bits per heavy atom. The van der Waals surface area contributed by atoms with Crippen molar-refractivity contribution in [3.05, 3.63) is 35.4 Å². The fraction of sp³-hybridized carbons (Fsp3) is 0.286. The largest absolute Gasteiger partial charge is 0.494 e.